The van der Waals surface area contributed by atoms with Gasteiger partial charge in [-0.15, -0.1) is 11.3 Å². The van der Waals surface area contributed by atoms with Crippen molar-refractivity contribution in [3.05, 3.63) is 65.2 Å². The molecule has 0 bridgehead atoms. The Hall–Kier alpha value is -2.44. The zero-order valence-corrected chi connectivity index (χ0v) is 16.8. The fourth-order valence-corrected chi connectivity index (χ4v) is 3.93. The van der Waals surface area contributed by atoms with Gasteiger partial charge in [-0.2, -0.15) is 5.10 Å². The van der Waals surface area contributed by atoms with Crippen LogP contribution in [0.3, 0.4) is 0 Å². The van der Waals surface area contributed by atoms with E-state index >= 15 is 0 Å². The molecule has 1 fully saturated rings. The van der Waals surface area contributed by atoms with Gasteiger partial charge in [0.2, 0.25) is 5.91 Å². The van der Waals surface area contributed by atoms with Gasteiger partial charge in [0.05, 0.1) is 11.4 Å². The van der Waals surface area contributed by atoms with Crippen LogP contribution in [0.1, 0.15) is 36.8 Å². The monoisotopic (exact) mass is 394 g/mol. The number of hydrogen-bond donors (Lipinski definition) is 2. The largest absolute Gasteiger partial charge is 0.353 e. The second-order valence-corrected chi connectivity index (χ2v) is 8.23. The Bertz CT molecular complexity index is 885. The molecule has 0 saturated heterocycles. The molecule has 28 heavy (non-hydrogen) atoms. The highest BCUT2D eigenvalue weighted by Crippen LogP contribution is 2.27. The SMILES string of the molecule is O=C(CCCNCc1cn(Cc2ccccc2)nc1-c1cccs1)NC1CC1. The van der Waals surface area contributed by atoms with Gasteiger partial charge in [-0.25, -0.2) is 0 Å². The second-order valence-electron chi connectivity index (χ2n) is 7.29. The maximum atomic E-state index is 11.8. The van der Waals surface area contributed by atoms with Gasteiger partial charge in [-0.1, -0.05) is 36.4 Å². The zero-order valence-electron chi connectivity index (χ0n) is 15.9. The summed E-state index contributed by atoms with van der Waals surface area (Å²) >= 11 is 1.71. The number of thiophene rings is 1. The Kier molecular flexibility index (Phi) is 6.19. The summed E-state index contributed by atoms with van der Waals surface area (Å²) in [6.07, 6.45) is 5.86. The third-order valence-corrected chi connectivity index (χ3v) is 5.67. The van der Waals surface area contributed by atoms with Crippen molar-refractivity contribution in [3.63, 3.8) is 0 Å². The molecule has 6 heteroatoms. The van der Waals surface area contributed by atoms with Gasteiger partial charge >= 0.3 is 0 Å². The van der Waals surface area contributed by atoms with Crippen LogP contribution in [0, 0.1) is 0 Å². The number of amides is 1. The minimum absolute atomic E-state index is 0.180. The standard InChI is InChI=1S/C22H26N4OS/c27-21(24-19-10-11-19)9-4-12-23-14-18-16-26(15-17-6-2-1-3-7-17)25-22(18)20-8-5-13-28-20/h1-3,5-8,13,16,19,23H,4,9-12,14-15H2,(H,24,27). The highest BCUT2D eigenvalue weighted by molar-refractivity contribution is 7.13. The van der Waals surface area contributed by atoms with Crippen LogP contribution in [0.15, 0.2) is 54.0 Å². The van der Waals surface area contributed by atoms with Crippen molar-refractivity contribution in [3.8, 4) is 10.6 Å². The minimum atomic E-state index is 0.180. The first-order valence-electron chi connectivity index (χ1n) is 9.92. The number of carbonyl (C=O) groups is 1. The van der Waals surface area contributed by atoms with E-state index in [1.165, 1.54) is 16.0 Å². The van der Waals surface area contributed by atoms with Gasteiger partial charge in [-0.05, 0) is 42.8 Å². The lowest BCUT2D eigenvalue weighted by molar-refractivity contribution is -0.121. The summed E-state index contributed by atoms with van der Waals surface area (Å²) in [4.78, 5) is 12.9. The van der Waals surface area contributed by atoms with E-state index in [-0.39, 0.29) is 5.91 Å². The molecule has 4 rings (SSSR count). The van der Waals surface area contributed by atoms with Crippen LogP contribution in [0.4, 0.5) is 0 Å². The van der Waals surface area contributed by atoms with Gasteiger partial charge in [0.25, 0.3) is 0 Å². The number of carbonyl (C=O) groups excluding carboxylic acids is 1. The van der Waals surface area contributed by atoms with Gasteiger partial charge in [0.1, 0.15) is 5.69 Å². The Balaban J connectivity index is 1.34. The van der Waals surface area contributed by atoms with Crippen LogP contribution >= 0.6 is 11.3 Å². The third kappa shape index (κ3) is 5.30. The van der Waals surface area contributed by atoms with Crippen molar-refractivity contribution in [1.82, 2.24) is 20.4 Å². The van der Waals surface area contributed by atoms with E-state index in [0.29, 0.717) is 12.5 Å². The molecule has 0 radical (unpaired) electrons. The Morgan fingerprint density at radius 2 is 2.04 bits per heavy atom. The first-order chi connectivity index (χ1) is 13.8. The molecule has 146 valence electrons. The smallest absolute Gasteiger partial charge is 0.220 e. The van der Waals surface area contributed by atoms with Crippen molar-refractivity contribution in [2.45, 2.75) is 44.8 Å². The number of aromatic nitrogens is 2. The highest BCUT2D eigenvalue weighted by Gasteiger charge is 2.22. The van der Waals surface area contributed by atoms with Crippen LogP contribution < -0.4 is 10.6 Å². The van der Waals surface area contributed by atoms with Crippen LogP contribution in [0.25, 0.3) is 10.6 Å². The molecule has 1 amide bonds. The zero-order chi connectivity index (χ0) is 19.2. The molecule has 5 nitrogen and oxygen atoms in total. The molecule has 1 aliphatic rings. The summed E-state index contributed by atoms with van der Waals surface area (Å²) in [7, 11) is 0. The number of nitrogens with one attached hydrogen (secondary N) is 2. The maximum absolute atomic E-state index is 11.8. The first kappa shape index (κ1) is 18.9. The fraction of sp³-hybridized carbons (Fsp3) is 0.364. The van der Waals surface area contributed by atoms with Crippen molar-refractivity contribution < 1.29 is 4.79 Å². The van der Waals surface area contributed by atoms with E-state index in [9.17, 15) is 4.79 Å². The molecular formula is C22H26N4OS. The lowest BCUT2D eigenvalue weighted by atomic mass is 10.2. The Morgan fingerprint density at radius 1 is 1.18 bits per heavy atom. The summed E-state index contributed by atoms with van der Waals surface area (Å²) in [6, 6.07) is 15.0. The van der Waals surface area contributed by atoms with E-state index in [1.54, 1.807) is 11.3 Å². The third-order valence-electron chi connectivity index (χ3n) is 4.79. The van der Waals surface area contributed by atoms with Crippen molar-refractivity contribution >= 4 is 17.2 Å². The quantitative estimate of drug-likeness (QED) is 0.514. The molecule has 2 N–H and O–H groups in total. The van der Waals surface area contributed by atoms with Crippen molar-refractivity contribution in [2.75, 3.05) is 6.54 Å². The predicted molar refractivity (Wildman–Crippen MR) is 113 cm³/mol. The van der Waals surface area contributed by atoms with Crippen LogP contribution in [0.2, 0.25) is 0 Å². The first-order valence-corrected chi connectivity index (χ1v) is 10.8. The summed E-state index contributed by atoms with van der Waals surface area (Å²) in [6.45, 7) is 2.35. The molecule has 0 aliphatic heterocycles. The average molecular weight is 395 g/mol. The number of rotatable bonds is 10. The van der Waals surface area contributed by atoms with E-state index in [2.05, 4.69) is 58.6 Å². The molecule has 1 saturated carbocycles. The lowest BCUT2D eigenvalue weighted by Gasteiger charge is -2.05. The topological polar surface area (TPSA) is 59.0 Å². The number of hydrogen-bond acceptors (Lipinski definition) is 4. The van der Waals surface area contributed by atoms with Crippen molar-refractivity contribution in [1.29, 1.82) is 0 Å². The van der Waals surface area contributed by atoms with Gasteiger partial charge in [-0.3, -0.25) is 9.48 Å². The Morgan fingerprint density at radius 3 is 2.79 bits per heavy atom. The van der Waals surface area contributed by atoms with Crippen LogP contribution in [-0.2, 0) is 17.9 Å². The minimum Gasteiger partial charge on any atom is -0.353 e. The normalized spacial score (nSPS) is 13.6. The second kappa shape index (κ2) is 9.17. The number of nitrogens with zero attached hydrogens (tertiary/aromatic N) is 2. The van der Waals surface area contributed by atoms with Crippen molar-refractivity contribution in [2.24, 2.45) is 0 Å². The summed E-state index contributed by atoms with van der Waals surface area (Å²) in [5.74, 6) is 0.180. The fourth-order valence-electron chi connectivity index (χ4n) is 3.19. The average Bonchev–Trinajstić information content (AvgIpc) is 3.18. The summed E-state index contributed by atoms with van der Waals surface area (Å²) in [5, 5.41) is 13.4. The Labute approximate surface area is 169 Å². The molecular weight excluding hydrogens is 368 g/mol. The molecule has 0 spiro atoms. The van der Waals surface area contributed by atoms with E-state index in [1.807, 2.05) is 10.7 Å². The van der Waals surface area contributed by atoms with E-state index in [0.717, 1.165) is 44.6 Å². The van der Waals surface area contributed by atoms with E-state index < -0.39 is 0 Å². The van der Waals surface area contributed by atoms with Gasteiger partial charge in [0, 0.05) is 30.8 Å². The highest BCUT2D eigenvalue weighted by atomic mass is 32.1. The summed E-state index contributed by atoms with van der Waals surface area (Å²) < 4.78 is 2.02. The predicted octanol–water partition coefficient (Wildman–Crippen LogP) is 3.81. The summed E-state index contributed by atoms with van der Waals surface area (Å²) in [5.41, 5.74) is 3.48. The molecule has 3 aromatic rings. The molecule has 0 atom stereocenters. The molecule has 1 aromatic carbocycles. The molecule has 2 aromatic heterocycles. The van der Waals surface area contributed by atoms with Crippen LogP contribution in [0.5, 0.6) is 0 Å². The maximum Gasteiger partial charge on any atom is 0.220 e. The molecule has 1 aliphatic carbocycles. The van der Waals surface area contributed by atoms with E-state index in [4.69, 9.17) is 5.10 Å². The molecule has 2 heterocycles. The van der Waals surface area contributed by atoms with Crippen LogP contribution in [-0.4, -0.2) is 28.3 Å². The van der Waals surface area contributed by atoms with Gasteiger partial charge < -0.3 is 10.6 Å². The number of benzene rings is 1. The lowest BCUT2D eigenvalue weighted by Crippen LogP contribution is -2.26. The van der Waals surface area contributed by atoms with Gasteiger partial charge in [0.15, 0.2) is 0 Å². The molecule has 0 unspecified atom stereocenters.